The molecule has 2 N–H and O–H groups in total. The van der Waals surface area contributed by atoms with Crippen molar-refractivity contribution in [2.45, 2.75) is 33.0 Å². The van der Waals surface area contributed by atoms with Gasteiger partial charge in [-0.3, -0.25) is 19.6 Å². The molecule has 0 atom stereocenters. The maximum atomic E-state index is 12.4. The monoisotopic (exact) mass is 394 g/mol. The normalized spacial score (nSPS) is 16.9. The van der Waals surface area contributed by atoms with E-state index in [-0.39, 0.29) is 18.5 Å². The zero-order valence-electron chi connectivity index (χ0n) is 16.8. The largest absolute Gasteiger partial charge is 0.401 e. The lowest BCUT2D eigenvalue weighted by Gasteiger charge is -2.36. The molecule has 0 aromatic heterocycles. The molecule has 7 nitrogen and oxygen atoms in total. The van der Waals surface area contributed by atoms with E-state index in [1.165, 1.54) is 11.9 Å². The Labute approximate surface area is 160 Å². The van der Waals surface area contributed by atoms with Gasteiger partial charge in [-0.15, -0.1) is 0 Å². The number of amides is 1. The Balaban J connectivity index is 2.46. The average Bonchev–Trinajstić information content (AvgIpc) is 2.52. The van der Waals surface area contributed by atoms with Crippen LogP contribution in [0.5, 0.6) is 0 Å². The Morgan fingerprint density at radius 3 is 2.37 bits per heavy atom. The summed E-state index contributed by atoms with van der Waals surface area (Å²) in [6.07, 6.45) is -4.19. The fourth-order valence-electron chi connectivity index (χ4n) is 2.83. The second-order valence-corrected chi connectivity index (χ2v) is 7.07. The molecule has 10 heteroatoms. The highest BCUT2D eigenvalue weighted by atomic mass is 19.4. The maximum Gasteiger partial charge on any atom is 0.401 e. The zero-order chi connectivity index (χ0) is 20.4. The summed E-state index contributed by atoms with van der Waals surface area (Å²) >= 11 is 0. The molecule has 1 saturated heterocycles. The minimum atomic E-state index is -4.19. The van der Waals surface area contributed by atoms with Crippen LogP contribution in [0.2, 0.25) is 0 Å². The SMILES string of the molecule is CCNC(=NCCN(C)CC(F)(F)F)N1CCN(CC(=O)NC(C)C)CC1. The third kappa shape index (κ3) is 10.4. The first-order chi connectivity index (χ1) is 12.6. The standard InChI is InChI=1S/C17H33F3N6O/c1-5-21-16(22-6-7-24(4)13-17(18,19)20)26-10-8-25(9-11-26)12-15(27)23-14(2)3/h14H,5-13H2,1-4H3,(H,21,22)(H,23,27). The lowest BCUT2D eigenvalue weighted by atomic mass is 10.3. The summed E-state index contributed by atoms with van der Waals surface area (Å²) in [7, 11) is 1.44. The zero-order valence-corrected chi connectivity index (χ0v) is 16.8. The van der Waals surface area contributed by atoms with Crippen LogP contribution in [0.1, 0.15) is 20.8 Å². The van der Waals surface area contributed by atoms with E-state index in [4.69, 9.17) is 0 Å². The van der Waals surface area contributed by atoms with Crippen LogP contribution in [0.15, 0.2) is 4.99 Å². The van der Waals surface area contributed by atoms with E-state index in [2.05, 4.69) is 25.4 Å². The van der Waals surface area contributed by atoms with Crippen molar-refractivity contribution in [1.82, 2.24) is 25.3 Å². The molecule has 0 bridgehead atoms. The molecule has 0 unspecified atom stereocenters. The van der Waals surface area contributed by atoms with Crippen molar-refractivity contribution in [1.29, 1.82) is 0 Å². The van der Waals surface area contributed by atoms with Crippen molar-refractivity contribution >= 4 is 11.9 Å². The number of guanidine groups is 1. The first-order valence-electron chi connectivity index (χ1n) is 9.41. The molecule has 1 rings (SSSR count). The van der Waals surface area contributed by atoms with Gasteiger partial charge in [0.25, 0.3) is 0 Å². The minimum absolute atomic E-state index is 0.0201. The Morgan fingerprint density at radius 1 is 1.22 bits per heavy atom. The summed E-state index contributed by atoms with van der Waals surface area (Å²) in [5, 5.41) is 6.08. The van der Waals surface area contributed by atoms with Gasteiger partial charge in [-0.05, 0) is 27.8 Å². The molecule has 158 valence electrons. The van der Waals surface area contributed by atoms with Gasteiger partial charge in [0.1, 0.15) is 0 Å². The first-order valence-corrected chi connectivity index (χ1v) is 9.41. The number of carbonyl (C=O) groups excluding carboxylic acids is 1. The number of hydrogen-bond donors (Lipinski definition) is 2. The molecule has 1 aliphatic heterocycles. The van der Waals surface area contributed by atoms with Crippen molar-refractivity contribution in [3.8, 4) is 0 Å². The molecule has 0 spiro atoms. The van der Waals surface area contributed by atoms with Gasteiger partial charge in [-0.25, -0.2) is 0 Å². The highest BCUT2D eigenvalue weighted by molar-refractivity contribution is 5.80. The van der Waals surface area contributed by atoms with Gasteiger partial charge < -0.3 is 15.5 Å². The van der Waals surface area contributed by atoms with E-state index in [0.29, 0.717) is 25.6 Å². The van der Waals surface area contributed by atoms with Crippen LogP contribution in [0.3, 0.4) is 0 Å². The predicted molar refractivity (Wildman–Crippen MR) is 101 cm³/mol. The molecular weight excluding hydrogens is 361 g/mol. The Bertz CT molecular complexity index is 476. The maximum absolute atomic E-state index is 12.4. The van der Waals surface area contributed by atoms with Gasteiger partial charge in [0.2, 0.25) is 5.91 Å². The second kappa shape index (κ2) is 11.3. The first kappa shape index (κ1) is 23.5. The fraction of sp³-hybridized carbons (Fsp3) is 0.882. The van der Waals surface area contributed by atoms with Crippen LogP contribution < -0.4 is 10.6 Å². The number of carbonyl (C=O) groups is 1. The number of rotatable bonds is 8. The topological polar surface area (TPSA) is 63.2 Å². The molecule has 1 heterocycles. The lowest BCUT2D eigenvalue weighted by molar-refractivity contribution is -0.142. The smallest absolute Gasteiger partial charge is 0.357 e. The minimum Gasteiger partial charge on any atom is -0.357 e. The van der Waals surface area contributed by atoms with Crippen LogP contribution in [-0.2, 0) is 4.79 Å². The lowest BCUT2D eigenvalue weighted by Crippen LogP contribution is -2.54. The van der Waals surface area contributed by atoms with E-state index >= 15 is 0 Å². The third-order valence-electron chi connectivity index (χ3n) is 4.02. The van der Waals surface area contributed by atoms with Crippen molar-refractivity contribution in [3.05, 3.63) is 0 Å². The van der Waals surface area contributed by atoms with Crippen LogP contribution in [0.4, 0.5) is 13.2 Å². The summed E-state index contributed by atoms with van der Waals surface area (Å²) in [5.74, 6) is 0.732. The molecule has 1 fully saturated rings. The molecule has 1 amide bonds. The molecule has 0 aromatic carbocycles. The van der Waals surface area contributed by atoms with Crippen molar-refractivity contribution < 1.29 is 18.0 Å². The number of nitrogens with zero attached hydrogens (tertiary/aromatic N) is 4. The molecular formula is C17H33F3N6O. The second-order valence-electron chi connectivity index (χ2n) is 7.07. The van der Waals surface area contributed by atoms with E-state index in [1.807, 2.05) is 20.8 Å². The van der Waals surface area contributed by atoms with Crippen LogP contribution in [0.25, 0.3) is 0 Å². The average molecular weight is 394 g/mol. The van der Waals surface area contributed by atoms with Crippen molar-refractivity contribution in [2.24, 2.45) is 4.99 Å². The van der Waals surface area contributed by atoms with E-state index in [0.717, 1.165) is 26.2 Å². The quantitative estimate of drug-likeness (QED) is 0.466. The number of aliphatic imine (C=N–C) groups is 1. The van der Waals surface area contributed by atoms with Gasteiger partial charge >= 0.3 is 6.18 Å². The van der Waals surface area contributed by atoms with Crippen LogP contribution in [0, 0.1) is 0 Å². The highest BCUT2D eigenvalue weighted by Crippen LogP contribution is 2.15. The van der Waals surface area contributed by atoms with Gasteiger partial charge in [-0.1, -0.05) is 0 Å². The van der Waals surface area contributed by atoms with Gasteiger partial charge in [0, 0.05) is 45.3 Å². The summed E-state index contributed by atoms with van der Waals surface area (Å²) in [6, 6.07) is 0.127. The molecule has 0 radical (unpaired) electrons. The predicted octanol–water partition coefficient (Wildman–Crippen LogP) is 0.588. The summed E-state index contributed by atoms with van der Waals surface area (Å²) in [6.45, 7) is 9.41. The van der Waals surface area contributed by atoms with E-state index < -0.39 is 12.7 Å². The highest BCUT2D eigenvalue weighted by Gasteiger charge is 2.29. The summed E-state index contributed by atoms with van der Waals surface area (Å²) in [4.78, 5) is 21.7. The number of piperazine rings is 1. The Kier molecular flexibility index (Phi) is 9.86. The van der Waals surface area contributed by atoms with Gasteiger partial charge in [0.05, 0.1) is 19.6 Å². The molecule has 0 saturated carbocycles. The van der Waals surface area contributed by atoms with Crippen LogP contribution in [-0.4, -0.2) is 105 Å². The molecule has 0 aromatic rings. The number of likely N-dealkylation sites (N-methyl/N-ethyl adjacent to an activating group) is 1. The number of hydrogen-bond acceptors (Lipinski definition) is 4. The fourth-order valence-corrected chi connectivity index (χ4v) is 2.83. The Hall–Kier alpha value is -1.55. The van der Waals surface area contributed by atoms with Crippen LogP contribution >= 0.6 is 0 Å². The number of alkyl halides is 3. The van der Waals surface area contributed by atoms with Gasteiger partial charge in [0.15, 0.2) is 5.96 Å². The summed E-state index contributed by atoms with van der Waals surface area (Å²) in [5.41, 5.74) is 0. The third-order valence-corrected chi connectivity index (χ3v) is 4.02. The van der Waals surface area contributed by atoms with E-state index in [9.17, 15) is 18.0 Å². The number of halogens is 3. The summed E-state index contributed by atoms with van der Waals surface area (Å²) < 4.78 is 37.1. The van der Waals surface area contributed by atoms with Gasteiger partial charge in [-0.2, -0.15) is 13.2 Å². The van der Waals surface area contributed by atoms with Crippen molar-refractivity contribution in [2.75, 3.05) is 66.0 Å². The Morgan fingerprint density at radius 2 is 1.85 bits per heavy atom. The molecule has 1 aliphatic rings. The van der Waals surface area contributed by atoms with Crippen molar-refractivity contribution in [3.63, 3.8) is 0 Å². The molecule has 0 aliphatic carbocycles. The van der Waals surface area contributed by atoms with E-state index in [1.54, 1.807) is 0 Å². The number of nitrogens with one attached hydrogen (secondary N) is 2. The molecule has 27 heavy (non-hydrogen) atoms.